The zero-order chi connectivity index (χ0) is 23.2. The van der Waals surface area contributed by atoms with Crippen molar-refractivity contribution in [1.82, 2.24) is 20.3 Å². The summed E-state index contributed by atoms with van der Waals surface area (Å²) in [6, 6.07) is 10.8. The van der Waals surface area contributed by atoms with Crippen LogP contribution in [0.2, 0.25) is 5.02 Å². The molecule has 2 N–H and O–H groups in total. The van der Waals surface area contributed by atoms with Gasteiger partial charge in [-0.25, -0.2) is 9.61 Å². The Balaban J connectivity index is 1.60. The fourth-order valence-corrected chi connectivity index (χ4v) is 3.71. The van der Waals surface area contributed by atoms with E-state index in [0.717, 1.165) is 9.13 Å². The summed E-state index contributed by atoms with van der Waals surface area (Å²) in [5.41, 5.74) is 4.82. The number of fused-ring (bicyclic) bond motifs is 1. The molecule has 10 nitrogen and oxygen atoms in total. The lowest BCUT2D eigenvalue weighted by atomic mass is 10.2. The van der Waals surface area contributed by atoms with Gasteiger partial charge in [0, 0.05) is 10.7 Å². The molecule has 0 aliphatic carbocycles. The molecule has 0 fully saturated rings. The van der Waals surface area contributed by atoms with Crippen molar-refractivity contribution >= 4 is 69.0 Å². The molecule has 4 aromatic rings. The number of benzene rings is 2. The van der Waals surface area contributed by atoms with E-state index in [9.17, 15) is 0 Å². The molecule has 0 saturated carbocycles. The van der Waals surface area contributed by atoms with E-state index in [4.69, 9.17) is 32.1 Å². The third kappa shape index (κ3) is 5.41. The summed E-state index contributed by atoms with van der Waals surface area (Å²) in [6.45, 7) is 0.141. The van der Waals surface area contributed by atoms with E-state index in [1.165, 1.54) is 0 Å². The van der Waals surface area contributed by atoms with Gasteiger partial charge in [-0.2, -0.15) is 10.1 Å². The number of ether oxygens (including phenoxy) is 2. The fourth-order valence-electron chi connectivity index (χ4n) is 2.74. The van der Waals surface area contributed by atoms with Crippen molar-refractivity contribution < 1.29 is 14.1 Å². The van der Waals surface area contributed by atoms with Crippen molar-refractivity contribution in [2.45, 2.75) is 0 Å². The molecular weight excluding hydrogens is 561 g/mol. The van der Waals surface area contributed by atoms with Crippen LogP contribution in [0.1, 0.15) is 5.56 Å². The van der Waals surface area contributed by atoms with E-state index in [-0.39, 0.29) is 17.9 Å². The van der Waals surface area contributed by atoms with Crippen molar-refractivity contribution in [2.75, 3.05) is 24.5 Å². The third-order valence-electron chi connectivity index (χ3n) is 4.14. The van der Waals surface area contributed by atoms with Crippen LogP contribution >= 0.6 is 34.2 Å². The highest BCUT2D eigenvalue weighted by atomic mass is 127. The van der Waals surface area contributed by atoms with Crippen molar-refractivity contribution in [2.24, 2.45) is 5.10 Å². The van der Waals surface area contributed by atoms with E-state index >= 15 is 0 Å². The lowest BCUT2D eigenvalue weighted by Crippen LogP contribution is -2.03. The monoisotopic (exact) mass is 575 g/mol. The number of aromatic nitrogens is 4. The Labute approximate surface area is 206 Å². The smallest absolute Gasteiger partial charge is 0.245 e. The van der Waals surface area contributed by atoms with Gasteiger partial charge in [0.15, 0.2) is 23.1 Å². The molecule has 0 unspecified atom stereocenters. The van der Waals surface area contributed by atoms with Gasteiger partial charge >= 0.3 is 0 Å². The van der Waals surface area contributed by atoms with Crippen LogP contribution in [0.3, 0.4) is 0 Å². The van der Waals surface area contributed by atoms with Crippen LogP contribution in [-0.4, -0.2) is 40.2 Å². The molecule has 0 spiro atoms. The van der Waals surface area contributed by atoms with Gasteiger partial charge in [-0.1, -0.05) is 23.6 Å². The van der Waals surface area contributed by atoms with Gasteiger partial charge in [-0.05, 0) is 68.8 Å². The highest BCUT2D eigenvalue weighted by Crippen LogP contribution is 2.33. The number of anilines is 3. The van der Waals surface area contributed by atoms with Crippen LogP contribution in [-0.2, 0) is 0 Å². The molecule has 4 rings (SSSR count). The first-order chi connectivity index (χ1) is 16.1. The Morgan fingerprint density at radius 1 is 1.21 bits per heavy atom. The summed E-state index contributed by atoms with van der Waals surface area (Å²) in [5, 5.41) is 15.5. The Morgan fingerprint density at radius 2 is 2.00 bits per heavy atom. The third-order valence-corrected chi connectivity index (χ3v) is 5.17. The lowest BCUT2D eigenvalue weighted by Gasteiger charge is -2.12. The van der Waals surface area contributed by atoms with Crippen molar-refractivity contribution in [3.63, 3.8) is 0 Å². The molecule has 33 heavy (non-hydrogen) atoms. The molecule has 2 aromatic carbocycles. The number of nitrogens with one attached hydrogen (secondary N) is 2. The van der Waals surface area contributed by atoms with E-state index < -0.39 is 0 Å². The zero-order valence-corrected chi connectivity index (χ0v) is 20.0. The largest absolute Gasteiger partial charge is 0.493 e. The number of hydrazone groups is 1. The Morgan fingerprint density at radius 3 is 2.73 bits per heavy atom. The van der Waals surface area contributed by atoms with Crippen LogP contribution in [0.5, 0.6) is 11.5 Å². The molecule has 166 valence electrons. The molecule has 12 heteroatoms. The minimum Gasteiger partial charge on any atom is -0.493 e. The molecule has 0 amide bonds. The standard InChI is InChI=1S/C21H15ClIN7O3/c1-3-7-32-17-15(23)8-12(9-16(17)31-2)11-24-28-19-18(25-14-6-4-5-13(22)10-14)26-20-21(27-19)30-33-29-20/h1,4-6,8-11H,7H2,2H3,(H,25,26,29)(H,27,28,30)/b24-11-. The summed E-state index contributed by atoms with van der Waals surface area (Å²) in [7, 11) is 1.55. The molecule has 0 atom stereocenters. The van der Waals surface area contributed by atoms with Crippen LogP contribution in [0.25, 0.3) is 11.3 Å². The van der Waals surface area contributed by atoms with Gasteiger partial charge in [0.2, 0.25) is 11.3 Å². The van der Waals surface area contributed by atoms with Crippen molar-refractivity contribution in [1.29, 1.82) is 0 Å². The van der Waals surface area contributed by atoms with E-state index in [0.29, 0.717) is 33.8 Å². The Hall–Kier alpha value is -3.63. The first-order valence-corrected chi connectivity index (χ1v) is 10.8. The maximum atomic E-state index is 6.07. The van der Waals surface area contributed by atoms with Crippen LogP contribution in [0.15, 0.2) is 46.1 Å². The average molecular weight is 576 g/mol. The summed E-state index contributed by atoms with van der Waals surface area (Å²) in [4.78, 5) is 8.76. The number of terminal acetylenes is 1. The number of halogens is 2. The predicted octanol–water partition coefficient (Wildman–Crippen LogP) is 4.48. The molecule has 2 heterocycles. The topological polar surface area (TPSA) is 120 Å². The molecular formula is C21H15ClIN7O3. The molecule has 0 saturated heterocycles. The van der Waals surface area contributed by atoms with Crippen LogP contribution in [0.4, 0.5) is 17.3 Å². The van der Waals surface area contributed by atoms with Crippen LogP contribution in [0, 0.1) is 15.9 Å². The summed E-state index contributed by atoms with van der Waals surface area (Å²) in [5.74, 6) is 4.22. The molecule has 0 aliphatic rings. The van der Waals surface area contributed by atoms with Gasteiger partial charge in [-0.15, -0.1) is 6.42 Å². The van der Waals surface area contributed by atoms with Gasteiger partial charge in [0.25, 0.3) is 0 Å². The number of hydrogen-bond acceptors (Lipinski definition) is 10. The summed E-state index contributed by atoms with van der Waals surface area (Å²) >= 11 is 8.22. The number of rotatable bonds is 8. The van der Waals surface area contributed by atoms with E-state index in [1.807, 2.05) is 18.2 Å². The SMILES string of the molecule is C#CCOc1c(I)cc(/C=N\Nc2nc3nonc3nc2Nc2cccc(Cl)c2)cc1OC. The number of methoxy groups -OCH3 is 1. The second-order valence-corrected chi connectivity index (χ2v) is 7.96. The maximum Gasteiger partial charge on any atom is 0.245 e. The minimum absolute atomic E-state index is 0.141. The normalized spacial score (nSPS) is 10.8. The van der Waals surface area contributed by atoms with Gasteiger partial charge in [0.1, 0.15) is 6.61 Å². The van der Waals surface area contributed by atoms with E-state index in [2.05, 4.69) is 64.6 Å². The highest BCUT2D eigenvalue weighted by Gasteiger charge is 2.14. The fraction of sp³-hybridized carbons (Fsp3) is 0.0952. The quantitative estimate of drug-likeness (QED) is 0.136. The predicted molar refractivity (Wildman–Crippen MR) is 133 cm³/mol. The van der Waals surface area contributed by atoms with Gasteiger partial charge < -0.3 is 14.8 Å². The first kappa shape index (κ1) is 22.6. The number of nitrogens with zero attached hydrogens (tertiary/aromatic N) is 5. The maximum absolute atomic E-state index is 6.07. The lowest BCUT2D eigenvalue weighted by molar-refractivity contribution is 0.314. The molecule has 0 bridgehead atoms. The average Bonchev–Trinajstić information content (AvgIpc) is 3.25. The molecule has 0 aliphatic heterocycles. The first-order valence-electron chi connectivity index (χ1n) is 9.33. The van der Waals surface area contributed by atoms with Gasteiger partial charge in [-0.3, -0.25) is 5.43 Å². The van der Waals surface area contributed by atoms with Crippen LogP contribution < -0.4 is 20.2 Å². The van der Waals surface area contributed by atoms with Crippen molar-refractivity contribution in [3.05, 3.63) is 50.6 Å². The summed E-state index contributed by atoms with van der Waals surface area (Å²) < 4.78 is 16.5. The minimum atomic E-state index is 0.141. The Kier molecular flexibility index (Phi) is 7.06. The highest BCUT2D eigenvalue weighted by molar-refractivity contribution is 14.1. The van der Waals surface area contributed by atoms with E-state index in [1.54, 1.807) is 31.5 Å². The Bertz CT molecular complexity index is 1370. The second kappa shape index (κ2) is 10.3. The van der Waals surface area contributed by atoms with Gasteiger partial charge in [0.05, 0.1) is 16.9 Å². The van der Waals surface area contributed by atoms with Crippen molar-refractivity contribution in [3.8, 4) is 23.8 Å². The molecule has 0 radical (unpaired) electrons. The second-order valence-electron chi connectivity index (χ2n) is 6.36. The zero-order valence-electron chi connectivity index (χ0n) is 17.0. The summed E-state index contributed by atoms with van der Waals surface area (Å²) in [6.07, 6.45) is 6.88. The molecule has 2 aromatic heterocycles. The number of hydrogen-bond donors (Lipinski definition) is 2.